The van der Waals surface area contributed by atoms with E-state index in [1.807, 2.05) is 0 Å². The fraction of sp³-hybridized carbons (Fsp3) is 0.600. The van der Waals surface area contributed by atoms with Crippen LogP contribution in [0.4, 0.5) is 0 Å². The van der Waals surface area contributed by atoms with Crippen molar-refractivity contribution >= 4 is 5.91 Å². The van der Waals surface area contributed by atoms with Gasteiger partial charge < -0.3 is 15.0 Å². The molecule has 0 spiro atoms. The lowest BCUT2D eigenvalue weighted by atomic mass is 9.82. The molecule has 1 amide bonds. The van der Waals surface area contributed by atoms with Gasteiger partial charge in [0.25, 0.3) is 5.91 Å². The number of H-pyrrole nitrogens is 1. The van der Waals surface area contributed by atoms with Crippen LogP contribution in [-0.4, -0.2) is 45.6 Å². The average molecular weight is 209 g/mol. The summed E-state index contributed by atoms with van der Waals surface area (Å²) in [5.74, 6) is 0.394. The highest BCUT2D eigenvalue weighted by molar-refractivity contribution is 5.91. The van der Waals surface area contributed by atoms with Crippen LogP contribution in [0, 0.1) is 5.92 Å². The molecule has 0 unspecified atom stereocenters. The lowest BCUT2D eigenvalue weighted by Gasteiger charge is -2.34. The molecule has 0 radical (unpaired) electrons. The second kappa shape index (κ2) is 4.02. The molecule has 82 valence electrons. The Morgan fingerprint density at radius 3 is 3.00 bits per heavy atom. The molecule has 5 heteroatoms. The largest absolute Gasteiger partial charge is 0.393 e. The number of nitrogens with one attached hydrogen (secondary N) is 1. The number of carbonyl (C=O) groups excluding carboxylic acids is 1. The molecule has 2 rings (SSSR count). The normalized spacial score (nSPS) is 24.7. The second-order valence-corrected chi connectivity index (χ2v) is 4.14. The molecule has 1 saturated carbocycles. The summed E-state index contributed by atoms with van der Waals surface area (Å²) in [6.45, 7) is 0.703. The highest BCUT2D eigenvalue weighted by atomic mass is 16.3. The topological polar surface area (TPSA) is 69.2 Å². The van der Waals surface area contributed by atoms with Gasteiger partial charge >= 0.3 is 0 Å². The van der Waals surface area contributed by atoms with Crippen molar-refractivity contribution in [2.75, 3.05) is 13.6 Å². The van der Waals surface area contributed by atoms with Crippen molar-refractivity contribution in [1.82, 2.24) is 14.9 Å². The zero-order valence-corrected chi connectivity index (χ0v) is 8.68. The van der Waals surface area contributed by atoms with Crippen LogP contribution in [-0.2, 0) is 0 Å². The molecular weight excluding hydrogens is 194 g/mol. The molecular formula is C10H15N3O2. The van der Waals surface area contributed by atoms with E-state index in [4.69, 9.17) is 5.11 Å². The van der Waals surface area contributed by atoms with Crippen LogP contribution in [0.5, 0.6) is 0 Å². The van der Waals surface area contributed by atoms with Crippen LogP contribution in [0.1, 0.15) is 23.3 Å². The summed E-state index contributed by atoms with van der Waals surface area (Å²) in [5, 5.41) is 9.13. The van der Waals surface area contributed by atoms with Crippen molar-refractivity contribution in [2.24, 2.45) is 5.92 Å². The van der Waals surface area contributed by atoms with Gasteiger partial charge in [0.15, 0.2) is 0 Å². The summed E-state index contributed by atoms with van der Waals surface area (Å²) in [6.07, 6.45) is 4.47. The van der Waals surface area contributed by atoms with Crippen LogP contribution in [0.15, 0.2) is 12.5 Å². The van der Waals surface area contributed by atoms with Crippen molar-refractivity contribution in [1.29, 1.82) is 0 Å². The maximum Gasteiger partial charge on any atom is 0.271 e. The summed E-state index contributed by atoms with van der Waals surface area (Å²) >= 11 is 0. The third-order valence-corrected chi connectivity index (χ3v) is 2.82. The first-order valence-corrected chi connectivity index (χ1v) is 5.08. The van der Waals surface area contributed by atoms with Crippen molar-refractivity contribution in [3.63, 3.8) is 0 Å². The van der Waals surface area contributed by atoms with E-state index >= 15 is 0 Å². The number of amides is 1. The minimum Gasteiger partial charge on any atom is -0.393 e. The molecule has 2 N–H and O–H groups in total. The van der Waals surface area contributed by atoms with Gasteiger partial charge in [-0.25, -0.2) is 4.98 Å². The Labute approximate surface area is 88.1 Å². The summed E-state index contributed by atoms with van der Waals surface area (Å²) in [6, 6.07) is 0. The van der Waals surface area contributed by atoms with Gasteiger partial charge in [-0.1, -0.05) is 0 Å². The van der Waals surface area contributed by atoms with Crippen LogP contribution >= 0.6 is 0 Å². The number of aliphatic hydroxyl groups is 1. The highest BCUT2D eigenvalue weighted by Gasteiger charge is 2.29. The first-order chi connectivity index (χ1) is 7.16. The SMILES string of the molecule is CN(CC1CC(O)C1)C(=O)c1cnc[nH]1. The molecule has 0 aromatic carbocycles. The number of aromatic nitrogens is 2. The number of rotatable bonds is 3. The maximum absolute atomic E-state index is 11.8. The summed E-state index contributed by atoms with van der Waals surface area (Å²) in [4.78, 5) is 20.0. The monoisotopic (exact) mass is 209 g/mol. The fourth-order valence-electron chi connectivity index (χ4n) is 1.90. The molecule has 1 fully saturated rings. The predicted molar refractivity (Wildman–Crippen MR) is 54.3 cm³/mol. The van der Waals surface area contributed by atoms with E-state index < -0.39 is 0 Å². The standard InChI is InChI=1S/C10H15N3O2/c1-13(5-7-2-8(14)3-7)10(15)9-4-11-6-12-9/h4,6-8,14H,2-3,5H2,1H3,(H,11,12). The number of aliphatic hydroxyl groups excluding tert-OH is 1. The first kappa shape index (κ1) is 10.2. The van der Waals surface area contributed by atoms with E-state index in [0.717, 1.165) is 12.8 Å². The van der Waals surface area contributed by atoms with Gasteiger partial charge in [-0.2, -0.15) is 0 Å². The molecule has 0 bridgehead atoms. The van der Waals surface area contributed by atoms with Crippen molar-refractivity contribution in [3.05, 3.63) is 18.2 Å². The van der Waals surface area contributed by atoms with Gasteiger partial charge in [-0.15, -0.1) is 0 Å². The van der Waals surface area contributed by atoms with Gasteiger partial charge in [0.2, 0.25) is 0 Å². The zero-order valence-electron chi connectivity index (χ0n) is 8.68. The molecule has 0 saturated heterocycles. The predicted octanol–water partition coefficient (Wildman–Crippen LogP) is 0.253. The van der Waals surface area contributed by atoms with Crippen molar-refractivity contribution in [3.8, 4) is 0 Å². The summed E-state index contributed by atoms with van der Waals surface area (Å²) < 4.78 is 0. The van der Waals surface area contributed by atoms with Crippen LogP contribution in [0.3, 0.4) is 0 Å². The molecule has 1 heterocycles. The van der Waals surface area contributed by atoms with Crippen molar-refractivity contribution < 1.29 is 9.90 Å². The van der Waals surface area contributed by atoms with E-state index in [1.165, 1.54) is 12.5 Å². The number of hydrogen-bond donors (Lipinski definition) is 2. The zero-order chi connectivity index (χ0) is 10.8. The lowest BCUT2D eigenvalue weighted by molar-refractivity contribution is 0.0264. The molecule has 5 nitrogen and oxygen atoms in total. The molecule has 1 aromatic rings. The molecule has 0 atom stereocenters. The lowest BCUT2D eigenvalue weighted by Crippen LogP contribution is -2.39. The van der Waals surface area contributed by atoms with E-state index in [0.29, 0.717) is 18.2 Å². The molecule has 1 aliphatic carbocycles. The number of hydrogen-bond acceptors (Lipinski definition) is 3. The molecule has 1 aliphatic rings. The van der Waals surface area contributed by atoms with Crippen molar-refractivity contribution in [2.45, 2.75) is 18.9 Å². The van der Waals surface area contributed by atoms with Gasteiger partial charge in [0.05, 0.1) is 18.6 Å². The number of carbonyl (C=O) groups is 1. The van der Waals surface area contributed by atoms with Gasteiger partial charge in [0.1, 0.15) is 5.69 Å². The smallest absolute Gasteiger partial charge is 0.271 e. The van der Waals surface area contributed by atoms with Gasteiger partial charge in [-0.3, -0.25) is 4.79 Å². The summed E-state index contributed by atoms with van der Waals surface area (Å²) in [5.41, 5.74) is 0.511. The van der Waals surface area contributed by atoms with Crippen LogP contribution < -0.4 is 0 Å². The third-order valence-electron chi connectivity index (χ3n) is 2.82. The Bertz CT molecular complexity index is 330. The quantitative estimate of drug-likeness (QED) is 0.750. The maximum atomic E-state index is 11.8. The van der Waals surface area contributed by atoms with E-state index in [-0.39, 0.29) is 12.0 Å². The Hall–Kier alpha value is -1.36. The average Bonchev–Trinajstić information content (AvgIpc) is 2.66. The number of aromatic amines is 1. The molecule has 15 heavy (non-hydrogen) atoms. The second-order valence-electron chi connectivity index (χ2n) is 4.14. The minimum atomic E-state index is -0.161. The fourth-order valence-corrected chi connectivity index (χ4v) is 1.90. The molecule has 0 aliphatic heterocycles. The minimum absolute atomic E-state index is 0.0473. The Morgan fingerprint density at radius 2 is 2.47 bits per heavy atom. The van der Waals surface area contributed by atoms with E-state index in [1.54, 1.807) is 11.9 Å². The van der Waals surface area contributed by atoms with Gasteiger partial charge in [-0.05, 0) is 18.8 Å². The van der Waals surface area contributed by atoms with E-state index in [9.17, 15) is 4.79 Å². The Morgan fingerprint density at radius 1 is 1.73 bits per heavy atom. The Kier molecular flexibility index (Phi) is 2.73. The van der Waals surface area contributed by atoms with Gasteiger partial charge in [0, 0.05) is 13.6 Å². The third kappa shape index (κ3) is 2.18. The van der Waals surface area contributed by atoms with Crippen LogP contribution in [0.2, 0.25) is 0 Å². The van der Waals surface area contributed by atoms with Crippen LogP contribution in [0.25, 0.3) is 0 Å². The highest BCUT2D eigenvalue weighted by Crippen LogP contribution is 2.27. The molecule has 1 aromatic heterocycles. The summed E-state index contributed by atoms with van der Waals surface area (Å²) in [7, 11) is 1.77. The first-order valence-electron chi connectivity index (χ1n) is 5.08. The van der Waals surface area contributed by atoms with E-state index in [2.05, 4.69) is 9.97 Å². The number of nitrogens with zero attached hydrogens (tertiary/aromatic N) is 2. The number of imidazole rings is 1. The Balaban J connectivity index is 1.86.